The second-order valence-electron chi connectivity index (χ2n) is 4.34. The lowest BCUT2D eigenvalue weighted by molar-refractivity contribution is 0.0473. The van der Waals surface area contributed by atoms with Crippen molar-refractivity contribution in [3.05, 3.63) is 71.9 Å². The van der Waals surface area contributed by atoms with E-state index >= 15 is 0 Å². The number of carbonyl (C=O) groups is 1. The van der Waals surface area contributed by atoms with Crippen molar-refractivity contribution < 1.29 is 9.53 Å². The molecule has 0 saturated carbocycles. The molecule has 1 aromatic heterocycles. The molecular weight excluding hydrogens is 238 g/mol. The molecule has 3 aromatic rings. The second-order valence-corrected chi connectivity index (χ2v) is 4.34. The Kier molecular flexibility index (Phi) is 3.02. The highest BCUT2D eigenvalue weighted by Crippen LogP contribution is 2.15. The molecule has 1 N–H and O–H groups in total. The number of carbonyl (C=O) groups excluding carboxylic acids is 1. The van der Waals surface area contributed by atoms with Crippen LogP contribution in [0.15, 0.2) is 60.8 Å². The van der Waals surface area contributed by atoms with Crippen LogP contribution in [0.1, 0.15) is 15.9 Å². The maximum absolute atomic E-state index is 11.9. The van der Waals surface area contributed by atoms with Crippen LogP contribution in [0.3, 0.4) is 0 Å². The van der Waals surface area contributed by atoms with Crippen molar-refractivity contribution in [2.45, 2.75) is 6.61 Å². The minimum atomic E-state index is -0.305. The fourth-order valence-corrected chi connectivity index (χ4v) is 1.98. The van der Waals surface area contributed by atoms with Gasteiger partial charge in [-0.1, -0.05) is 36.4 Å². The second kappa shape index (κ2) is 4.98. The van der Waals surface area contributed by atoms with Crippen molar-refractivity contribution >= 4 is 16.9 Å². The summed E-state index contributed by atoms with van der Waals surface area (Å²) >= 11 is 0. The number of fused-ring (bicyclic) bond motifs is 1. The van der Waals surface area contributed by atoms with E-state index < -0.39 is 0 Å². The molecular formula is C16H13NO2. The normalized spacial score (nSPS) is 10.5. The third-order valence-corrected chi connectivity index (χ3v) is 3.00. The standard InChI is InChI=1S/C16H13NO2/c18-16(19-11-12-4-2-1-3-5-12)14-7-6-13-8-9-17-15(13)10-14/h1-10,17H,11H2. The molecule has 0 fully saturated rings. The molecule has 0 spiro atoms. The maximum atomic E-state index is 11.9. The molecule has 19 heavy (non-hydrogen) atoms. The van der Waals surface area contributed by atoms with Gasteiger partial charge in [0.1, 0.15) is 6.61 Å². The molecule has 94 valence electrons. The Morgan fingerprint density at radius 1 is 1.05 bits per heavy atom. The Bertz CT molecular complexity index is 701. The van der Waals surface area contributed by atoms with Crippen LogP contribution in [0.5, 0.6) is 0 Å². The summed E-state index contributed by atoms with van der Waals surface area (Å²) in [5.41, 5.74) is 2.48. The maximum Gasteiger partial charge on any atom is 0.338 e. The van der Waals surface area contributed by atoms with Gasteiger partial charge >= 0.3 is 5.97 Å². The van der Waals surface area contributed by atoms with E-state index in [1.807, 2.05) is 54.7 Å². The number of hydrogen-bond acceptors (Lipinski definition) is 2. The summed E-state index contributed by atoms with van der Waals surface area (Å²) in [6.45, 7) is 0.294. The smallest absolute Gasteiger partial charge is 0.338 e. The molecule has 0 amide bonds. The van der Waals surface area contributed by atoms with E-state index in [-0.39, 0.29) is 5.97 Å². The van der Waals surface area contributed by atoms with E-state index in [1.165, 1.54) is 0 Å². The number of H-pyrrole nitrogens is 1. The van der Waals surface area contributed by atoms with Crippen LogP contribution in [0, 0.1) is 0 Å². The van der Waals surface area contributed by atoms with Gasteiger partial charge in [0.05, 0.1) is 5.56 Å². The number of benzene rings is 2. The fourth-order valence-electron chi connectivity index (χ4n) is 1.98. The lowest BCUT2D eigenvalue weighted by Crippen LogP contribution is -2.05. The van der Waals surface area contributed by atoms with Crippen LogP contribution in [0.4, 0.5) is 0 Å². The number of aromatic nitrogens is 1. The topological polar surface area (TPSA) is 42.1 Å². The van der Waals surface area contributed by atoms with Gasteiger partial charge < -0.3 is 9.72 Å². The van der Waals surface area contributed by atoms with Gasteiger partial charge in [-0.25, -0.2) is 4.79 Å². The van der Waals surface area contributed by atoms with Crippen molar-refractivity contribution in [3.63, 3.8) is 0 Å². The Morgan fingerprint density at radius 3 is 2.74 bits per heavy atom. The molecule has 0 aliphatic heterocycles. The number of esters is 1. The molecule has 0 aliphatic carbocycles. The van der Waals surface area contributed by atoms with Crippen LogP contribution in [-0.2, 0) is 11.3 Å². The first-order chi connectivity index (χ1) is 9.33. The first kappa shape index (κ1) is 11.5. The number of ether oxygens (including phenoxy) is 1. The van der Waals surface area contributed by atoms with Gasteiger partial charge in [-0.3, -0.25) is 0 Å². The first-order valence-corrected chi connectivity index (χ1v) is 6.11. The summed E-state index contributed by atoms with van der Waals surface area (Å²) in [5, 5.41) is 1.08. The van der Waals surface area contributed by atoms with Crippen molar-refractivity contribution in [1.29, 1.82) is 0 Å². The lowest BCUT2D eigenvalue weighted by Gasteiger charge is -2.05. The van der Waals surface area contributed by atoms with E-state index in [0.29, 0.717) is 12.2 Å². The molecule has 2 aromatic carbocycles. The Labute approximate surface area is 110 Å². The monoisotopic (exact) mass is 251 g/mol. The Morgan fingerprint density at radius 2 is 1.89 bits per heavy atom. The van der Waals surface area contributed by atoms with E-state index in [1.54, 1.807) is 6.07 Å². The van der Waals surface area contributed by atoms with Gasteiger partial charge in [-0.05, 0) is 29.1 Å². The van der Waals surface area contributed by atoms with Crippen LogP contribution in [0.2, 0.25) is 0 Å². The third kappa shape index (κ3) is 2.50. The highest BCUT2D eigenvalue weighted by Gasteiger charge is 2.08. The zero-order valence-electron chi connectivity index (χ0n) is 10.3. The summed E-state index contributed by atoms with van der Waals surface area (Å²) in [7, 11) is 0. The zero-order chi connectivity index (χ0) is 13.1. The average molecular weight is 251 g/mol. The molecule has 0 aliphatic rings. The van der Waals surface area contributed by atoms with Gasteiger partial charge in [0, 0.05) is 11.7 Å². The van der Waals surface area contributed by atoms with Gasteiger partial charge in [0.15, 0.2) is 0 Å². The molecule has 0 radical (unpaired) electrons. The highest BCUT2D eigenvalue weighted by atomic mass is 16.5. The summed E-state index contributed by atoms with van der Waals surface area (Å²) in [5.74, 6) is -0.305. The predicted molar refractivity (Wildman–Crippen MR) is 73.9 cm³/mol. The fraction of sp³-hybridized carbons (Fsp3) is 0.0625. The van der Waals surface area contributed by atoms with E-state index in [9.17, 15) is 4.79 Å². The van der Waals surface area contributed by atoms with Crippen LogP contribution in [0.25, 0.3) is 10.9 Å². The zero-order valence-corrected chi connectivity index (χ0v) is 10.3. The number of aromatic amines is 1. The molecule has 3 nitrogen and oxygen atoms in total. The number of nitrogens with one attached hydrogen (secondary N) is 1. The highest BCUT2D eigenvalue weighted by molar-refractivity contribution is 5.94. The molecule has 0 bridgehead atoms. The minimum absolute atomic E-state index is 0.294. The molecule has 0 unspecified atom stereocenters. The third-order valence-electron chi connectivity index (χ3n) is 3.00. The Balaban J connectivity index is 1.73. The van der Waals surface area contributed by atoms with Gasteiger partial charge in [-0.15, -0.1) is 0 Å². The Hall–Kier alpha value is -2.55. The summed E-state index contributed by atoms with van der Waals surface area (Å²) in [4.78, 5) is 15.0. The lowest BCUT2D eigenvalue weighted by atomic mass is 10.1. The SMILES string of the molecule is O=C(OCc1ccccc1)c1ccc2cc[nH]c2c1. The summed E-state index contributed by atoms with van der Waals surface area (Å²) in [6, 6.07) is 17.1. The first-order valence-electron chi connectivity index (χ1n) is 6.11. The van der Waals surface area contributed by atoms with E-state index in [2.05, 4.69) is 4.98 Å². The molecule has 3 rings (SSSR count). The van der Waals surface area contributed by atoms with Crippen molar-refractivity contribution in [3.8, 4) is 0 Å². The average Bonchev–Trinajstić information content (AvgIpc) is 2.93. The minimum Gasteiger partial charge on any atom is -0.457 e. The predicted octanol–water partition coefficient (Wildman–Crippen LogP) is 3.52. The largest absolute Gasteiger partial charge is 0.457 e. The molecule has 0 saturated heterocycles. The van der Waals surface area contributed by atoms with Crippen molar-refractivity contribution in [2.75, 3.05) is 0 Å². The van der Waals surface area contributed by atoms with Crippen molar-refractivity contribution in [2.24, 2.45) is 0 Å². The number of hydrogen-bond donors (Lipinski definition) is 1. The van der Waals surface area contributed by atoms with Crippen LogP contribution >= 0.6 is 0 Å². The van der Waals surface area contributed by atoms with Crippen LogP contribution < -0.4 is 0 Å². The van der Waals surface area contributed by atoms with Gasteiger partial charge in [0.25, 0.3) is 0 Å². The van der Waals surface area contributed by atoms with E-state index in [4.69, 9.17) is 4.74 Å². The number of rotatable bonds is 3. The molecule has 0 atom stereocenters. The van der Waals surface area contributed by atoms with Crippen LogP contribution in [-0.4, -0.2) is 11.0 Å². The van der Waals surface area contributed by atoms with Gasteiger partial charge in [-0.2, -0.15) is 0 Å². The summed E-state index contributed by atoms with van der Waals surface area (Å²) in [6.07, 6.45) is 1.85. The van der Waals surface area contributed by atoms with E-state index in [0.717, 1.165) is 16.5 Å². The van der Waals surface area contributed by atoms with Gasteiger partial charge in [0.2, 0.25) is 0 Å². The quantitative estimate of drug-likeness (QED) is 0.723. The van der Waals surface area contributed by atoms with Crippen molar-refractivity contribution in [1.82, 2.24) is 4.98 Å². The molecule has 1 heterocycles. The summed E-state index contributed by atoms with van der Waals surface area (Å²) < 4.78 is 5.29. The molecule has 3 heteroatoms.